The van der Waals surface area contributed by atoms with Gasteiger partial charge in [0.15, 0.2) is 5.76 Å². The lowest BCUT2D eigenvalue weighted by Gasteiger charge is -2.36. The zero-order valence-corrected chi connectivity index (χ0v) is 6.05. The molecule has 0 unspecified atom stereocenters. The Morgan fingerprint density at radius 3 is 1.82 bits per heavy atom. The van der Waals surface area contributed by atoms with Crippen molar-refractivity contribution in [3.8, 4) is 0 Å². The summed E-state index contributed by atoms with van der Waals surface area (Å²) in [4.78, 5) is 0. The van der Waals surface area contributed by atoms with Crippen LogP contribution in [0.3, 0.4) is 0 Å². The van der Waals surface area contributed by atoms with E-state index in [2.05, 4.69) is 4.74 Å². The fourth-order valence-corrected chi connectivity index (χ4v) is 1.03. The molecule has 0 spiro atoms. The number of hydrogen-bond acceptors (Lipinski definition) is 1. The second-order valence-electron chi connectivity index (χ2n) is 2.00. The van der Waals surface area contributed by atoms with Gasteiger partial charge >= 0.3 is 11.8 Å². The van der Waals surface area contributed by atoms with E-state index in [9.17, 15) is 17.6 Å². The largest absolute Gasteiger partial charge is 0.493 e. The molecule has 1 nitrogen and oxygen atoms in total. The Kier molecular flexibility index (Phi) is 1.59. The first-order chi connectivity index (χ1) is 4.85. The summed E-state index contributed by atoms with van der Waals surface area (Å²) in [6, 6.07) is 0. The minimum absolute atomic E-state index is 0.862. The normalized spacial score (nSPS) is 26.4. The monoisotopic (exact) mass is 190 g/mol. The molecular weight excluding hydrogens is 187 g/mol. The molecule has 0 amide bonds. The molecule has 0 aliphatic heterocycles. The third kappa shape index (κ3) is 0.772. The van der Waals surface area contributed by atoms with Gasteiger partial charge in [0.25, 0.3) is 0 Å². The van der Waals surface area contributed by atoms with E-state index in [0.29, 0.717) is 0 Å². The van der Waals surface area contributed by atoms with Crippen molar-refractivity contribution in [3.63, 3.8) is 0 Å². The average Bonchev–Trinajstić information content (AvgIpc) is 1.88. The molecule has 6 heteroatoms. The minimum Gasteiger partial charge on any atom is -0.493 e. The molecule has 1 rings (SSSR count). The van der Waals surface area contributed by atoms with E-state index < -0.39 is 22.6 Å². The van der Waals surface area contributed by atoms with Gasteiger partial charge in [-0.05, 0) is 0 Å². The summed E-state index contributed by atoms with van der Waals surface area (Å²) in [7, 11) is 0.862. The molecule has 11 heavy (non-hydrogen) atoms. The first kappa shape index (κ1) is 8.64. The fraction of sp³-hybridized carbons (Fsp3) is 0.600. The fourth-order valence-electron chi connectivity index (χ4n) is 0.716. The topological polar surface area (TPSA) is 9.23 Å². The number of rotatable bonds is 1. The van der Waals surface area contributed by atoms with Crippen molar-refractivity contribution < 1.29 is 22.3 Å². The van der Waals surface area contributed by atoms with E-state index in [1.54, 1.807) is 0 Å². The van der Waals surface area contributed by atoms with E-state index >= 15 is 0 Å². The molecule has 0 aromatic carbocycles. The number of methoxy groups -OCH3 is 1. The van der Waals surface area contributed by atoms with Crippen LogP contribution in [-0.2, 0) is 4.74 Å². The zero-order chi connectivity index (χ0) is 8.86. The van der Waals surface area contributed by atoms with Gasteiger partial charge in [-0.25, -0.2) is 0 Å². The Morgan fingerprint density at radius 2 is 1.64 bits per heavy atom. The summed E-state index contributed by atoms with van der Waals surface area (Å²) in [5.41, 5.74) is 0. The average molecular weight is 191 g/mol. The van der Waals surface area contributed by atoms with E-state index in [0.717, 1.165) is 7.11 Å². The molecule has 0 radical (unpaired) electrons. The van der Waals surface area contributed by atoms with E-state index in [1.165, 1.54) is 0 Å². The number of hydrogen-bond donors (Lipinski definition) is 0. The van der Waals surface area contributed by atoms with Gasteiger partial charge in [0.2, 0.25) is 0 Å². The highest BCUT2D eigenvalue weighted by Crippen LogP contribution is 2.56. The van der Waals surface area contributed by atoms with Crippen LogP contribution in [-0.4, -0.2) is 19.0 Å². The molecule has 0 bridgehead atoms. The number of ether oxygens (including phenoxy) is 1. The van der Waals surface area contributed by atoms with Crippen LogP contribution in [0.25, 0.3) is 0 Å². The molecule has 0 atom stereocenters. The Balaban J connectivity index is 3.07. The van der Waals surface area contributed by atoms with Crippen molar-refractivity contribution in [2.75, 3.05) is 7.11 Å². The van der Waals surface area contributed by atoms with E-state index in [-0.39, 0.29) is 0 Å². The summed E-state index contributed by atoms with van der Waals surface area (Å²) in [6.45, 7) is 0. The summed E-state index contributed by atoms with van der Waals surface area (Å²) in [6.07, 6.45) is 0. The highest BCUT2D eigenvalue weighted by molar-refractivity contribution is 6.32. The molecule has 1 aliphatic carbocycles. The number of allylic oxidation sites excluding steroid dienone is 2. The van der Waals surface area contributed by atoms with Crippen molar-refractivity contribution in [2.24, 2.45) is 0 Å². The maximum Gasteiger partial charge on any atom is 0.372 e. The molecule has 1 aliphatic rings. The van der Waals surface area contributed by atoms with Crippen LogP contribution in [0.1, 0.15) is 0 Å². The molecule has 0 saturated heterocycles. The maximum atomic E-state index is 12.2. The third-order valence-electron chi connectivity index (χ3n) is 1.36. The SMILES string of the molecule is COC1=C(Cl)C(F)(F)C1(F)F. The number of alkyl halides is 4. The second kappa shape index (κ2) is 2.03. The van der Waals surface area contributed by atoms with Crippen LogP contribution in [0.5, 0.6) is 0 Å². The molecular formula is C5H3ClF4O. The Morgan fingerprint density at radius 1 is 1.18 bits per heavy atom. The third-order valence-corrected chi connectivity index (χ3v) is 1.77. The Hall–Kier alpha value is -0.450. The van der Waals surface area contributed by atoms with Crippen molar-refractivity contribution >= 4 is 11.6 Å². The molecule has 0 aromatic rings. The molecule has 0 heterocycles. The lowest BCUT2D eigenvalue weighted by Crippen LogP contribution is -2.52. The molecule has 0 N–H and O–H groups in total. The van der Waals surface area contributed by atoms with Crippen LogP contribution < -0.4 is 0 Å². The predicted octanol–water partition coefficient (Wildman–Crippen LogP) is 2.37. The van der Waals surface area contributed by atoms with Gasteiger partial charge in [0.1, 0.15) is 5.03 Å². The molecule has 64 valence electrons. The lowest BCUT2D eigenvalue weighted by molar-refractivity contribution is -0.209. The van der Waals surface area contributed by atoms with Crippen LogP contribution in [0.15, 0.2) is 10.8 Å². The smallest absolute Gasteiger partial charge is 0.372 e. The van der Waals surface area contributed by atoms with Gasteiger partial charge in [-0.1, -0.05) is 11.6 Å². The summed E-state index contributed by atoms with van der Waals surface area (Å²) >= 11 is 4.82. The van der Waals surface area contributed by atoms with Gasteiger partial charge in [0, 0.05) is 0 Å². The highest BCUT2D eigenvalue weighted by Gasteiger charge is 2.73. The van der Waals surface area contributed by atoms with Gasteiger partial charge in [-0.15, -0.1) is 0 Å². The highest BCUT2D eigenvalue weighted by atomic mass is 35.5. The molecule has 0 saturated carbocycles. The van der Waals surface area contributed by atoms with Gasteiger partial charge in [-0.3, -0.25) is 0 Å². The van der Waals surface area contributed by atoms with Crippen molar-refractivity contribution in [1.29, 1.82) is 0 Å². The van der Waals surface area contributed by atoms with Gasteiger partial charge < -0.3 is 4.74 Å². The Bertz CT molecular complexity index is 223. The van der Waals surface area contributed by atoms with Crippen LogP contribution in [0.4, 0.5) is 17.6 Å². The standard InChI is InChI=1S/C5H3ClF4O/c1-11-3-2(6)4(7,8)5(3,9)10/h1H3. The second-order valence-corrected chi connectivity index (χ2v) is 2.37. The van der Waals surface area contributed by atoms with Crippen LogP contribution in [0.2, 0.25) is 0 Å². The van der Waals surface area contributed by atoms with Gasteiger partial charge in [-0.2, -0.15) is 17.6 Å². The first-order valence-corrected chi connectivity index (χ1v) is 2.94. The van der Waals surface area contributed by atoms with E-state index in [1.807, 2.05) is 0 Å². The predicted molar refractivity (Wildman–Crippen MR) is 29.8 cm³/mol. The summed E-state index contributed by atoms with van der Waals surface area (Å²) in [5.74, 6) is -9.66. The van der Waals surface area contributed by atoms with Crippen molar-refractivity contribution in [3.05, 3.63) is 10.8 Å². The summed E-state index contributed by atoms with van der Waals surface area (Å²) in [5, 5.41) is -1.22. The summed E-state index contributed by atoms with van der Waals surface area (Å²) < 4.78 is 52.6. The van der Waals surface area contributed by atoms with Gasteiger partial charge in [0.05, 0.1) is 7.11 Å². The molecule has 0 aromatic heterocycles. The lowest BCUT2D eigenvalue weighted by atomic mass is 9.97. The zero-order valence-electron chi connectivity index (χ0n) is 5.30. The van der Waals surface area contributed by atoms with Crippen LogP contribution >= 0.6 is 11.6 Å². The van der Waals surface area contributed by atoms with E-state index in [4.69, 9.17) is 11.6 Å². The van der Waals surface area contributed by atoms with Crippen molar-refractivity contribution in [1.82, 2.24) is 0 Å². The first-order valence-electron chi connectivity index (χ1n) is 2.56. The van der Waals surface area contributed by atoms with Crippen LogP contribution in [0, 0.1) is 0 Å². The Labute approximate surface area is 64.6 Å². The molecule has 0 fully saturated rings. The number of halogens is 5. The minimum atomic E-state index is -4.26. The maximum absolute atomic E-state index is 12.2. The van der Waals surface area contributed by atoms with Crippen molar-refractivity contribution in [2.45, 2.75) is 11.8 Å². The quantitative estimate of drug-likeness (QED) is 0.577.